The Morgan fingerprint density at radius 1 is 1.04 bits per heavy atom. The molecule has 0 fully saturated rings. The van der Waals surface area contributed by atoms with Crippen LogP contribution in [0.1, 0.15) is 17.0 Å². The molecule has 2 aromatic carbocycles. The minimum atomic E-state index is -0.963. The molecule has 1 N–H and O–H groups in total. The molecule has 0 saturated carbocycles. The first-order valence-electron chi connectivity index (χ1n) is 8.52. The molecule has 4 rings (SSSR count). The highest BCUT2D eigenvalue weighted by Crippen LogP contribution is 2.10. The Kier molecular flexibility index (Phi) is 4.68. The summed E-state index contributed by atoms with van der Waals surface area (Å²) in [4.78, 5) is 23.9. The number of rotatable bonds is 3. The number of aromatic nitrogens is 4. The molecule has 7 heteroatoms. The van der Waals surface area contributed by atoms with Gasteiger partial charge in [0.2, 0.25) is 0 Å². The van der Waals surface area contributed by atoms with Crippen molar-refractivity contribution in [2.45, 2.75) is 13.0 Å². The van der Waals surface area contributed by atoms with Crippen LogP contribution in [-0.2, 0) is 13.0 Å². The highest BCUT2D eigenvalue weighted by molar-refractivity contribution is 5.69. The molecule has 0 unspecified atom stereocenters. The van der Waals surface area contributed by atoms with Crippen LogP contribution in [0.2, 0.25) is 0 Å². The molecule has 0 bridgehead atoms. The van der Waals surface area contributed by atoms with Gasteiger partial charge in [-0.1, -0.05) is 42.3 Å². The summed E-state index contributed by atoms with van der Waals surface area (Å²) in [5, 5.41) is 0. The highest BCUT2D eigenvalue weighted by Gasteiger charge is 2.10. The number of halogens is 2. The Labute approximate surface area is 158 Å². The van der Waals surface area contributed by atoms with E-state index < -0.39 is 11.6 Å². The Balaban J connectivity index is 1.59. The summed E-state index contributed by atoms with van der Waals surface area (Å²) in [5.41, 5.74) is 1.62. The third kappa shape index (κ3) is 3.67. The first-order valence-corrected chi connectivity index (χ1v) is 8.52. The van der Waals surface area contributed by atoms with E-state index in [1.165, 1.54) is 17.0 Å². The molecular weight excluding hydrogens is 362 g/mol. The van der Waals surface area contributed by atoms with Crippen molar-refractivity contribution in [1.29, 1.82) is 0 Å². The van der Waals surface area contributed by atoms with E-state index in [2.05, 4.69) is 26.8 Å². The lowest BCUT2D eigenvalue weighted by molar-refractivity contribution is 0.506. The fourth-order valence-electron chi connectivity index (χ4n) is 2.75. The number of aromatic amines is 1. The maximum Gasteiger partial charge on any atom is 0.281 e. The fraction of sp³-hybridized carbons (Fsp3) is 0.0952. The number of H-pyrrole nitrogens is 1. The zero-order valence-electron chi connectivity index (χ0n) is 14.6. The molecule has 0 aliphatic heterocycles. The largest absolute Gasteiger partial charge is 0.316 e. The summed E-state index contributed by atoms with van der Waals surface area (Å²) in [6.45, 7) is 0.0564. The van der Waals surface area contributed by atoms with Crippen LogP contribution in [0.5, 0.6) is 0 Å². The van der Waals surface area contributed by atoms with Crippen molar-refractivity contribution < 1.29 is 8.78 Å². The number of hydrogen-bond acceptors (Lipinski definition) is 3. The second kappa shape index (κ2) is 7.45. The van der Waals surface area contributed by atoms with Crippen molar-refractivity contribution in [3.8, 4) is 11.8 Å². The van der Waals surface area contributed by atoms with Crippen LogP contribution in [0, 0.1) is 23.5 Å². The Bertz CT molecular complexity index is 1270. The standard InChI is InChI=1S/C21H14F2N4O/c22-16-10-9-15(11-17(16)23)12-27-13-24-20-19(21(27)28)25-18(26-20)8-4-7-14-5-2-1-3-6-14/h1-3,5-6,9-11,13H,7,12H2,(H,25,26). The molecular formula is C21H14F2N4O. The van der Waals surface area contributed by atoms with Crippen molar-refractivity contribution in [3.63, 3.8) is 0 Å². The van der Waals surface area contributed by atoms with Crippen LogP contribution in [0.25, 0.3) is 11.2 Å². The molecule has 0 saturated heterocycles. The fourth-order valence-corrected chi connectivity index (χ4v) is 2.75. The molecule has 0 amide bonds. The SMILES string of the molecule is O=c1c2nc(C#CCc3ccccc3)[nH]c2ncn1Cc1ccc(F)c(F)c1. The predicted octanol–water partition coefficient (Wildman–Crippen LogP) is 3.04. The minimum absolute atomic E-state index is 0.0564. The van der Waals surface area contributed by atoms with Crippen molar-refractivity contribution in [2.75, 3.05) is 0 Å². The molecule has 138 valence electrons. The van der Waals surface area contributed by atoms with Crippen LogP contribution < -0.4 is 5.56 Å². The lowest BCUT2D eigenvalue weighted by Crippen LogP contribution is -2.21. The van der Waals surface area contributed by atoms with Gasteiger partial charge in [0.1, 0.15) is 6.33 Å². The first-order chi connectivity index (χ1) is 13.6. The van der Waals surface area contributed by atoms with Gasteiger partial charge in [0.25, 0.3) is 5.56 Å². The maximum absolute atomic E-state index is 13.4. The number of imidazole rings is 1. The third-order valence-corrected chi connectivity index (χ3v) is 4.15. The van der Waals surface area contributed by atoms with E-state index in [0.29, 0.717) is 23.5 Å². The Hall–Kier alpha value is -3.79. The number of hydrogen-bond donors (Lipinski definition) is 1. The summed E-state index contributed by atoms with van der Waals surface area (Å²) >= 11 is 0. The second-order valence-electron chi connectivity index (χ2n) is 6.17. The van der Waals surface area contributed by atoms with Crippen molar-refractivity contribution in [3.05, 3.63) is 93.8 Å². The van der Waals surface area contributed by atoms with Gasteiger partial charge in [-0.3, -0.25) is 9.36 Å². The van der Waals surface area contributed by atoms with Gasteiger partial charge in [0.15, 0.2) is 28.6 Å². The normalized spacial score (nSPS) is 10.6. The van der Waals surface area contributed by atoms with Crippen LogP contribution in [0.15, 0.2) is 59.7 Å². The van der Waals surface area contributed by atoms with E-state index in [4.69, 9.17) is 0 Å². The summed E-state index contributed by atoms with van der Waals surface area (Å²) in [7, 11) is 0. The van der Waals surface area contributed by atoms with Gasteiger partial charge in [-0.2, -0.15) is 0 Å². The number of nitrogens with one attached hydrogen (secondary N) is 1. The molecule has 2 heterocycles. The molecule has 28 heavy (non-hydrogen) atoms. The average Bonchev–Trinajstić information content (AvgIpc) is 3.12. The van der Waals surface area contributed by atoms with Gasteiger partial charge in [0.05, 0.1) is 6.54 Å². The molecule has 0 aliphatic rings. The van der Waals surface area contributed by atoms with Crippen LogP contribution >= 0.6 is 0 Å². The average molecular weight is 376 g/mol. The van der Waals surface area contributed by atoms with Crippen LogP contribution in [0.3, 0.4) is 0 Å². The topological polar surface area (TPSA) is 63.6 Å². The van der Waals surface area contributed by atoms with Gasteiger partial charge >= 0.3 is 0 Å². The summed E-state index contributed by atoms with van der Waals surface area (Å²) < 4.78 is 27.7. The third-order valence-electron chi connectivity index (χ3n) is 4.15. The number of nitrogens with zero attached hydrogens (tertiary/aromatic N) is 3. The van der Waals surface area contributed by atoms with Crippen LogP contribution in [0.4, 0.5) is 8.78 Å². The van der Waals surface area contributed by atoms with Crippen LogP contribution in [-0.4, -0.2) is 19.5 Å². The molecule has 5 nitrogen and oxygen atoms in total. The van der Waals surface area contributed by atoms with Crippen molar-refractivity contribution in [1.82, 2.24) is 19.5 Å². The lowest BCUT2D eigenvalue weighted by Gasteiger charge is -2.05. The van der Waals surface area contributed by atoms with E-state index in [1.807, 2.05) is 30.3 Å². The van der Waals surface area contributed by atoms with E-state index in [0.717, 1.165) is 17.7 Å². The number of fused-ring (bicyclic) bond motifs is 1. The first kappa shape index (κ1) is 17.6. The van der Waals surface area contributed by atoms with Gasteiger partial charge < -0.3 is 4.98 Å². The Morgan fingerprint density at radius 2 is 1.86 bits per heavy atom. The number of benzene rings is 2. The van der Waals surface area contributed by atoms with Gasteiger partial charge in [0, 0.05) is 6.42 Å². The zero-order valence-corrected chi connectivity index (χ0v) is 14.6. The molecule has 0 aliphatic carbocycles. The second-order valence-corrected chi connectivity index (χ2v) is 6.17. The summed E-state index contributed by atoms with van der Waals surface area (Å²) in [6.07, 6.45) is 1.90. The maximum atomic E-state index is 13.4. The minimum Gasteiger partial charge on any atom is -0.316 e. The van der Waals surface area contributed by atoms with E-state index in [-0.39, 0.29) is 17.6 Å². The summed E-state index contributed by atoms with van der Waals surface area (Å²) in [5.74, 6) is 4.35. The smallest absolute Gasteiger partial charge is 0.281 e. The lowest BCUT2D eigenvalue weighted by atomic mass is 10.2. The molecule has 2 aromatic heterocycles. The molecule has 4 aromatic rings. The predicted molar refractivity (Wildman–Crippen MR) is 101 cm³/mol. The summed E-state index contributed by atoms with van der Waals surface area (Å²) in [6, 6.07) is 13.3. The van der Waals surface area contributed by atoms with Gasteiger partial charge in [-0.05, 0) is 29.2 Å². The van der Waals surface area contributed by atoms with Gasteiger partial charge in [-0.15, -0.1) is 0 Å². The zero-order chi connectivity index (χ0) is 19.5. The van der Waals surface area contributed by atoms with Crippen molar-refractivity contribution in [2.24, 2.45) is 0 Å². The molecule has 0 spiro atoms. The van der Waals surface area contributed by atoms with E-state index in [9.17, 15) is 13.6 Å². The monoisotopic (exact) mass is 376 g/mol. The van der Waals surface area contributed by atoms with Crippen molar-refractivity contribution >= 4 is 11.2 Å². The Morgan fingerprint density at radius 3 is 2.64 bits per heavy atom. The molecule has 0 atom stereocenters. The quantitative estimate of drug-likeness (QED) is 0.559. The highest BCUT2D eigenvalue weighted by atomic mass is 19.2. The molecule has 0 radical (unpaired) electrons. The van der Waals surface area contributed by atoms with Gasteiger partial charge in [-0.25, -0.2) is 18.7 Å². The van der Waals surface area contributed by atoms with E-state index >= 15 is 0 Å². The van der Waals surface area contributed by atoms with E-state index in [1.54, 1.807) is 0 Å².